The van der Waals surface area contributed by atoms with Crippen molar-refractivity contribution in [3.8, 4) is 17.6 Å². The first-order chi connectivity index (χ1) is 10.0. The van der Waals surface area contributed by atoms with Gasteiger partial charge in [0.15, 0.2) is 11.6 Å². The molecule has 0 aliphatic heterocycles. The summed E-state index contributed by atoms with van der Waals surface area (Å²) >= 11 is 0. The highest BCUT2D eigenvalue weighted by molar-refractivity contribution is 5.56. The van der Waals surface area contributed by atoms with Gasteiger partial charge in [0, 0.05) is 12.1 Å². The summed E-state index contributed by atoms with van der Waals surface area (Å²) in [6, 6.07) is 9.16. The lowest BCUT2D eigenvalue weighted by molar-refractivity contribution is -0.384. The van der Waals surface area contributed by atoms with E-state index in [2.05, 4.69) is 5.43 Å². The van der Waals surface area contributed by atoms with Crippen LogP contribution in [0.4, 0.5) is 15.8 Å². The molecule has 0 aromatic heterocycles. The Labute approximate surface area is 118 Å². The number of ether oxygens (including phenoxy) is 1. The number of hydrogen-bond donors (Lipinski definition) is 2. The second-order valence-corrected chi connectivity index (χ2v) is 3.98. The summed E-state index contributed by atoms with van der Waals surface area (Å²) in [4.78, 5) is 10.2. The number of nitrogens with zero attached hydrogens (tertiary/aromatic N) is 2. The Morgan fingerprint density at radius 2 is 2.10 bits per heavy atom. The Morgan fingerprint density at radius 3 is 2.67 bits per heavy atom. The van der Waals surface area contributed by atoms with E-state index in [1.807, 2.05) is 0 Å². The number of nitrogens with one attached hydrogen (secondary N) is 1. The minimum absolute atomic E-state index is 0.0424. The van der Waals surface area contributed by atoms with Gasteiger partial charge in [-0.15, -0.1) is 0 Å². The molecular formula is C13H9FN4O3. The summed E-state index contributed by atoms with van der Waals surface area (Å²) in [6.45, 7) is 0. The van der Waals surface area contributed by atoms with E-state index in [0.717, 1.165) is 12.1 Å². The number of nitrogen functional groups attached to an aromatic ring is 1. The fourth-order valence-corrected chi connectivity index (χ4v) is 1.61. The molecule has 0 aliphatic carbocycles. The third-order valence-corrected chi connectivity index (χ3v) is 2.56. The average molecular weight is 288 g/mol. The number of rotatable bonds is 4. The Hall–Kier alpha value is -3.18. The molecule has 3 N–H and O–H groups in total. The second kappa shape index (κ2) is 5.85. The third-order valence-electron chi connectivity index (χ3n) is 2.56. The number of hydrogen-bond acceptors (Lipinski definition) is 6. The maximum atomic E-state index is 13.7. The van der Waals surface area contributed by atoms with Crippen LogP contribution in [0.25, 0.3) is 0 Å². The largest absolute Gasteiger partial charge is 0.454 e. The molecule has 0 aliphatic rings. The first-order valence-corrected chi connectivity index (χ1v) is 5.67. The topological polar surface area (TPSA) is 114 Å². The van der Waals surface area contributed by atoms with Crippen LogP contribution in [0.5, 0.6) is 11.5 Å². The van der Waals surface area contributed by atoms with Crippen molar-refractivity contribution in [3.63, 3.8) is 0 Å². The Balaban J connectivity index is 2.37. The van der Waals surface area contributed by atoms with E-state index < -0.39 is 10.7 Å². The zero-order valence-electron chi connectivity index (χ0n) is 10.5. The Morgan fingerprint density at radius 1 is 1.33 bits per heavy atom. The van der Waals surface area contributed by atoms with E-state index in [4.69, 9.17) is 15.8 Å². The zero-order chi connectivity index (χ0) is 15.4. The summed E-state index contributed by atoms with van der Waals surface area (Å²) in [5.74, 6) is 4.35. The van der Waals surface area contributed by atoms with Crippen molar-refractivity contribution in [1.82, 2.24) is 0 Å². The van der Waals surface area contributed by atoms with Crippen molar-refractivity contribution in [2.75, 3.05) is 5.43 Å². The van der Waals surface area contributed by atoms with Crippen molar-refractivity contribution >= 4 is 11.4 Å². The van der Waals surface area contributed by atoms with Crippen LogP contribution in [-0.2, 0) is 0 Å². The quantitative estimate of drug-likeness (QED) is 0.508. The summed E-state index contributed by atoms with van der Waals surface area (Å²) in [7, 11) is 0. The van der Waals surface area contributed by atoms with E-state index in [-0.39, 0.29) is 28.4 Å². The molecular weight excluding hydrogens is 279 g/mol. The SMILES string of the molecule is N#Cc1ccc(Oc2cc(NN)cc([N+](=O)[O-])c2)c(F)c1. The number of hydrazine groups is 1. The normalized spacial score (nSPS) is 9.76. The molecule has 0 atom stereocenters. The second-order valence-electron chi connectivity index (χ2n) is 3.98. The van der Waals surface area contributed by atoms with Crippen molar-refractivity contribution in [1.29, 1.82) is 5.26 Å². The molecule has 0 bridgehead atoms. The van der Waals surface area contributed by atoms with Crippen LogP contribution < -0.4 is 16.0 Å². The van der Waals surface area contributed by atoms with Crippen LogP contribution >= 0.6 is 0 Å². The molecule has 0 fully saturated rings. The number of nitro groups is 1. The first-order valence-electron chi connectivity index (χ1n) is 5.67. The van der Waals surface area contributed by atoms with E-state index in [0.29, 0.717) is 0 Å². The highest BCUT2D eigenvalue weighted by Crippen LogP contribution is 2.30. The highest BCUT2D eigenvalue weighted by Gasteiger charge is 2.12. The fraction of sp³-hybridized carbons (Fsp3) is 0. The van der Waals surface area contributed by atoms with Crippen LogP contribution in [0.2, 0.25) is 0 Å². The molecule has 0 unspecified atom stereocenters. The number of nitro benzene ring substituents is 1. The highest BCUT2D eigenvalue weighted by atomic mass is 19.1. The van der Waals surface area contributed by atoms with Crippen LogP contribution in [0.3, 0.4) is 0 Å². The number of non-ortho nitro benzene ring substituents is 1. The van der Waals surface area contributed by atoms with Gasteiger partial charge in [-0.3, -0.25) is 16.0 Å². The number of nitrogens with two attached hydrogens (primary N) is 1. The molecule has 2 aromatic rings. The predicted molar refractivity (Wildman–Crippen MR) is 72.1 cm³/mol. The minimum atomic E-state index is -0.747. The number of anilines is 1. The maximum Gasteiger partial charge on any atom is 0.275 e. The van der Waals surface area contributed by atoms with E-state index in [9.17, 15) is 14.5 Å². The van der Waals surface area contributed by atoms with Gasteiger partial charge >= 0.3 is 0 Å². The van der Waals surface area contributed by atoms with Gasteiger partial charge in [0.05, 0.1) is 28.3 Å². The number of halogens is 1. The summed E-state index contributed by atoms with van der Waals surface area (Å²) in [6.07, 6.45) is 0. The van der Waals surface area contributed by atoms with Crippen molar-refractivity contribution in [3.05, 3.63) is 57.9 Å². The standard InChI is InChI=1S/C13H9FN4O3/c14-12-3-8(7-15)1-2-13(12)21-11-5-9(17-16)4-10(6-11)18(19)20/h1-6,17H,16H2. The van der Waals surface area contributed by atoms with E-state index in [1.165, 1.54) is 24.3 Å². The molecule has 7 nitrogen and oxygen atoms in total. The molecule has 0 saturated heterocycles. The molecule has 21 heavy (non-hydrogen) atoms. The van der Waals surface area contributed by atoms with Crippen molar-refractivity contribution in [2.45, 2.75) is 0 Å². The Kier molecular flexibility index (Phi) is 3.97. The lowest BCUT2D eigenvalue weighted by Gasteiger charge is -2.08. The predicted octanol–water partition coefficient (Wildman–Crippen LogP) is 2.68. The van der Waals surface area contributed by atoms with Gasteiger partial charge in [-0.1, -0.05) is 0 Å². The van der Waals surface area contributed by atoms with Gasteiger partial charge in [0.1, 0.15) is 5.75 Å². The maximum absolute atomic E-state index is 13.7. The van der Waals surface area contributed by atoms with Crippen LogP contribution in [0.15, 0.2) is 36.4 Å². The zero-order valence-corrected chi connectivity index (χ0v) is 10.5. The van der Waals surface area contributed by atoms with Gasteiger partial charge < -0.3 is 10.2 Å². The molecule has 0 radical (unpaired) electrons. The average Bonchev–Trinajstić information content (AvgIpc) is 2.48. The van der Waals surface area contributed by atoms with E-state index in [1.54, 1.807) is 6.07 Å². The van der Waals surface area contributed by atoms with Gasteiger partial charge in [-0.2, -0.15) is 5.26 Å². The molecule has 0 heterocycles. The van der Waals surface area contributed by atoms with Gasteiger partial charge in [0.25, 0.3) is 5.69 Å². The monoisotopic (exact) mass is 288 g/mol. The first kappa shape index (κ1) is 14.2. The third kappa shape index (κ3) is 3.23. The number of benzene rings is 2. The van der Waals surface area contributed by atoms with Gasteiger partial charge in [0.2, 0.25) is 0 Å². The van der Waals surface area contributed by atoms with Crippen LogP contribution in [-0.4, -0.2) is 4.92 Å². The minimum Gasteiger partial charge on any atom is -0.454 e. The van der Waals surface area contributed by atoms with Gasteiger partial charge in [-0.25, -0.2) is 4.39 Å². The molecule has 0 spiro atoms. The summed E-state index contributed by atoms with van der Waals surface area (Å²) in [5, 5.41) is 19.4. The van der Waals surface area contributed by atoms with Crippen LogP contribution in [0, 0.1) is 27.3 Å². The van der Waals surface area contributed by atoms with E-state index >= 15 is 0 Å². The summed E-state index contributed by atoms with van der Waals surface area (Å²) < 4.78 is 19.0. The van der Waals surface area contributed by atoms with Crippen LogP contribution in [0.1, 0.15) is 5.56 Å². The molecule has 2 aromatic carbocycles. The van der Waals surface area contributed by atoms with Crippen molar-refractivity contribution < 1.29 is 14.1 Å². The van der Waals surface area contributed by atoms with Gasteiger partial charge in [-0.05, 0) is 18.2 Å². The molecule has 2 rings (SSSR count). The smallest absolute Gasteiger partial charge is 0.275 e. The van der Waals surface area contributed by atoms with Crippen molar-refractivity contribution in [2.24, 2.45) is 5.84 Å². The lowest BCUT2D eigenvalue weighted by Crippen LogP contribution is -2.07. The lowest BCUT2D eigenvalue weighted by atomic mass is 10.2. The molecule has 106 valence electrons. The number of nitriles is 1. The molecule has 0 saturated carbocycles. The Bertz CT molecular complexity index is 743. The summed E-state index contributed by atoms with van der Waals surface area (Å²) in [5.41, 5.74) is 2.39. The molecule has 0 amide bonds. The fourth-order valence-electron chi connectivity index (χ4n) is 1.61. The molecule has 8 heteroatoms.